The van der Waals surface area contributed by atoms with Crippen molar-refractivity contribution in [1.29, 1.82) is 0 Å². The minimum absolute atomic E-state index is 0.230. The molecule has 2 amide bonds. The summed E-state index contributed by atoms with van der Waals surface area (Å²) in [4.78, 5) is 22.4. The molecule has 1 aromatic rings. The largest absolute Gasteiger partial charge is 0.449 e. The summed E-state index contributed by atoms with van der Waals surface area (Å²) in [5, 5.41) is 0.311. The van der Waals surface area contributed by atoms with Crippen molar-refractivity contribution < 1.29 is 14.3 Å². The molecule has 86 valence electrons. The van der Waals surface area contributed by atoms with Gasteiger partial charge in [-0.15, -0.1) is 0 Å². The van der Waals surface area contributed by atoms with Gasteiger partial charge in [-0.3, -0.25) is 10.2 Å². The van der Waals surface area contributed by atoms with Crippen LogP contribution in [0.15, 0.2) is 24.3 Å². The number of ether oxygens (including phenoxy) is 1. The van der Waals surface area contributed by atoms with Crippen LogP contribution in [0.5, 0.6) is 0 Å². The first-order valence-electron chi connectivity index (χ1n) is 4.62. The second kappa shape index (κ2) is 5.97. The molecular formula is C10H11ClN2O3. The lowest BCUT2D eigenvalue weighted by Gasteiger charge is -2.07. The summed E-state index contributed by atoms with van der Waals surface area (Å²) in [6, 6.07) is 6.51. The van der Waals surface area contributed by atoms with Crippen LogP contribution in [0.4, 0.5) is 4.79 Å². The Morgan fingerprint density at radius 3 is 2.62 bits per heavy atom. The average molecular weight is 243 g/mol. The SMILES string of the molecule is CCOC(=O)NNC(=O)c1ccccc1Cl. The molecule has 0 heterocycles. The van der Waals surface area contributed by atoms with Crippen LogP contribution in [-0.2, 0) is 4.74 Å². The molecule has 1 aromatic carbocycles. The van der Waals surface area contributed by atoms with Gasteiger partial charge in [0.1, 0.15) is 0 Å². The Kier molecular flexibility index (Phi) is 4.60. The maximum absolute atomic E-state index is 11.5. The number of benzene rings is 1. The van der Waals surface area contributed by atoms with Crippen LogP contribution in [-0.4, -0.2) is 18.6 Å². The summed E-state index contributed by atoms with van der Waals surface area (Å²) in [6.45, 7) is 1.89. The first-order valence-corrected chi connectivity index (χ1v) is 5.00. The zero-order chi connectivity index (χ0) is 12.0. The van der Waals surface area contributed by atoms with Crippen LogP contribution < -0.4 is 10.9 Å². The summed E-state index contributed by atoms with van der Waals surface area (Å²) in [7, 11) is 0. The third-order valence-electron chi connectivity index (χ3n) is 1.67. The van der Waals surface area contributed by atoms with Gasteiger partial charge >= 0.3 is 6.09 Å². The van der Waals surface area contributed by atoms with Crippen LogP contribution in [0, 0.1) is 0 Å². The monoisotopic (exact) mass is 242 g/mol. The maximum atomic E-state index is 11.5. The number of halogens is 1. The van der Waals surface area contributed by atoms with E-state index in [1.54, 1.807) is 31.2 Å². The van der Waals surface area contributed by atoms with Gasteiger partial charge in [-0.2, -0.15) is 0 Å². The molecule has 0 fully saturated rings. The van der Waals surface area contributed by atoms with E-state index in [-0.39, 0.29) is 12.2 Å². The van der Waals surface area contributed by atoms with Crippen molar-refractivity contribution in [3.05, 3.63) is 34.9 Å². The lowest BCUT2D eigenvalue weighted by atomic mass is 10.2. The predicted octanol–water partition coefficient (Wildman–Crippen LogP) is 1.73. The van der Waals surface area contributed by atoms with Crippen molar-refractivity contribution in [2.75, 3.05) is 6.61 Å². The molecule has 0 unspecified atom stereocenters. The molecule has 0 spiro atoms. The van der Waals surface area contributed by atoms with Crippen LogP contribution in [0.1, 0.15) is 17.3 Å². The van der Waals surface area contributed by atoms with Crippen LogP contribution in [0.2, 0.25) is 5.02 Å². The van der Waals surface area contributed by atoms with Gasteiger partial charge in [0.2, 0.25) is 0 Å². The van der Waals surface area contributed by atoms with Crippen molar-refractivity contribution in [3.63, 3.8) is 0 Å². The number of amides is 2. The van der Waals surface area contributed by atoms with Gasteiger partial charge in [-0.25, -0.2) is 10.2 Å². The van der Waals surface area contributed by atoms with Crippen molar-refractivity contribution in [1.82, 2.24) is 10.9 Å². The van der Waals surface area contributed by atoms with Crippen molar-refractivity contribution in [2.24, 2.45) is 0 Å². The predicted molar refractivity (Wildman–Crippen MR) is 59.1 cm³/mol. The Labute approximate surface area is 97.7 Å². The summed E-state index contributed by atoms with van der Waals surface area (Å²) in [5.74, 6) is -0.501. The van der Waals surface area contributed by atoms with E-state index >= 15 is 0 Å². The number of hydrazine groups is 1. The second-order valence-electron chi connectivity index (χ2n) is 2.78. The van der Waals surface area contributed by atoms with Crippen LogP contribution >= 0.6 is 11.6 Å². The van der Waals surface area contributed by atoms with Gasteiger partial charge in [-0.1, -0.05) is 23.7 Å². The molecular weight excluding hydrogens is 232 g/mol. The van der Waals surface area contributed by atoms with Gasteiger partial charge in [0.05, 0.1) is 17.2 Å². The molecule has 0 saturated heterocycles. The highest BCUT2D eigenvalue weighted by Gasteiger charge is 2.10. The molecule has 0 radical (unpaired) electrons. The fourth-order valence-corrected chi connectivity index (χ4v) is 1.21. The van der Waals surface area contributed by atoms with Crippen molar-refractivity contribution >= 4 is 23.6 Å². The fraction of sp³-hybridized carbons (Fsp3) is 0.200. The summed E-state index contributed by atoms with van der Waals surface area (Å²) in [5.41, 5.74) is 4.54. The minimum Gasteiger partial charge on any atom is -0.449 e. The number of nitrogens with one attached hydrogen (secondary N) is 2. The summed E-state index contributed by atoms with van der Waals surface area (Å²) < 4.78 is 4.56. The highest BCUT2D eigenvalue weighted by Crippen LogP contribution is 2.13. The lowest BCUT2D eigenvalue weighted by Crippen LogP contribution is -2.42. The Hall–Kier alpha value is -1.75. The number of carbonyl (C=O) groups is 2. The Morgan fingerprint density at radius 2 is 2.00 bits per heavy atom. The normalized spacial score (nSPS) is 9.38. The average Bonchev–Trinajstić information content (AvgIpc) is 2.27. The number of hydrogen-bond acceptors (Lipinski definition) is 3. The number of carbonyl (C=O) groups excluding carboxylic acids is 2. The molecule has 0 aliphatic heterocycles. The van der Waals surface area contributed by atoms with Gasteiger partial charge in [0.15, 0.2) is 0 Å². The van der Waals surface area contributed by atoms with E-state index in [9.17, 15) is 9.59 Å². The van der Waals surface area contributed by atoms with Crippen LogP contribution in [0.25, 0.3) is 0 Å². The van der Waals surface area contributed by atoms with Crippen LogP contribution in [0.3, 0.4) is 0 Å². The molecule has 0 aliphatic rings. The second-order valence-corrected chi connectivity index (χ2v) is 3.19. The Balaban J connectivity index is 2.54. The van der Waals surface area contributed by atoms with Gasteiger partial charge < -0.3 is 4.74 Å². The van der Waals surface area contributed by atoms with E-state index in [4.69, 9.17) is 11.6 Å². The van der Waals surface area contributed by atoms with Gasteiger partial charge in [0, 0.05) is 0 Å². The summed E-state index contributed by atoms with van der Waals surface area (Å²) >= 11 is 5.79. The smallest absolute Gasteiger partial charge is 0.426 e. The first kappa shape index (κ1) is 12.3. The van der Waals surface area contributed by atoms with Gasteiger partial charge in [-0.05, 0) is 19.1 Å². The molecule has 5 nitrogen and oxygen atoms in total. The molecule has 6 heteroatoms. The minimum atomic E-state index is -0.720. The molecule has 0 bridgehead atoms. The molecule has 0 atom stereocenters. The van der Waals surface area contributed by atoms with E-state index < -0.39 is 12.0 Å². The first-order chi connectivity index (χ1) is 7.65. The topological polar surface area (TPSA) is 67.4 Å². The third-order valence-corrected chi connectivity index (χ3v) is 2.00. The zero-order valence-electron chi connectivity index (χ0n) is 8.62. The van der Waals surface area contributed by atoms with E-state index in [2.05, 4.69) is 15.6 Å². The van der Waals surface area contributed by atoms with E-state index in [1.807, 2.05) is 0 Å². The van der Waals surface area contributed by atoms with E-state index in [1.165, 1.54) is 0 Å². The van der Waals surface area contributed by atoms with E-state index in [0.717, 1.165) is 0 Å². The summed E-state index contributed by atoms with van der Waals surface area (Å²) in [6.07, 6.45) is -0.720. The maximum Gasteiger partial charge on any atom is 0.426 e. The Bertz CT molecular complexity index is 395. The number of hydrogen-bond donors (Lipinski definition) is 2. The molecule has 0 aromatic heterocycles. The molecule has 2 N–H and O–H groups in total. The third kappa shape index (κ3) is 3.43. The lowest BCUT2D eigenvalue weighted by molar-refractivity contribution is 0.0913. The molecule has 0 saturated carbocycles. The Morgan fingerprint density at radius 1 is 1.31 bits per heavy atom. The highest BCUT2D eigenvalue weighted by atomic mass is 35.5. The number of rotatable bonds is 2. The van der Waals surface area contributed by atoms with Gasteiger partial charge in [0.25, 0.3) is 5.91 Å². The van der Waals surface area contributed by atoms with Crippen molar-refractivity contribution in [3.8, 4) is 0 Å². The molecule has 16 heavy (non-hydrogen) atoms. The fourth-order valence-electron chi connectivity index (χ4n) is 0.988. The quantitative estimate of drug-likeness (QED) is 0.776. The zero-order valence-corrected chi connectivity index (χ0v) is 9.38. The molecule has 1 rings (SSSR count). The highest BCUT2D eigenvalue weighted by molar-refractivity contribution is 6.33. The standard InChI is InChI=1S/C10H11ClN2O3/c1-2-16-10(15)13-12-9(14)7-5-3-4-6-8(7)11/h3-6H,2H2,1H3,(H,12,14)(H,13,15). The van der Waals surface area contributed by atoms with E-state index in [0.29, 0.717) is 5.02 Å². The molecule has 0 aliphatic carbocycles. The van der Waals surface area contributed by atoms with Crippen molar-refractivity contribution in [2.45, 2.75) is 6.92 Å².